The third-order valence-corrected chi connectivity index (χ3v) is 3.13. The Morgan fingerprint density at radius 3 is 2.93 bits per heavy atom. The van der Waals surface area contributed by atoms with Crippen molar-refractivity contribution in [1.29, 1.82) is 0 Å². The van der Waals surface area contributed by atoms with Crippen LogP contribution in [-0.2, 0) is 11.3 Å². The molecule has 0 aromatic carbocycles. The van der Waals surface area contributed by atoms with Crippen molar-refractivity contribution in [2.75, 3.05) is 13.2 Å². The van der Waals surface area contributed by atoms with Gasteiger partial charge in [-0.25, -0.2) is 0 Å². The molecule has 15 heavy (non-hydrogen) atoms. The van der Waals surface area contributed by atoms with Crippen LogP contribution in [0, 0.1) is 0 Å². The maximum atomic E-state index is 6.11. The maximum Gasteiger partial charge on any atom is 0.127 e. The summed E-state index contributed by atoms with van der Waals surface area (Å²) in [7, 11) is 0. The van der Waals surface area contributed by atoms with E-state index in [-0.39, 0.29) is 0 Å². The summed E-state index contributed by atoms with van der Waals surface area (Å²) in [5.74, 6) is 0.536. The van der Waals surface area contributed by atoms with Crippen LogP contribution in [0.15, 0.2) is 6.07 Å². The van der Waals surface area contributed by atoms with Crippen LogP contribution in [0.5, 0.6) is 0 Å². The number of hydrogen-bond acceptors (Lipinski definition) is 2. The van der Waals surface area contributed by atoms with Gasteiger partial charge in [0.2, 0.25) is 0 Å². The van der Waals surface area contributed by atoms with E-state index >= 15 is 0 Å². The molecule has 0 unspecified atom stereocenters. The van der Waals surface area contributed by atoms with E-state index in [1.807, 2.05) is 10.7 Å². The molecule has 84 valence electrons. The van der Waals surface area contributed by atoms with Crippen LogP contribution in [0.2, 0.25) is 5.15 Å². The lowest BCUT2D eigenvalue weighted by Gasteiger charge is -2.19. The average molecular weight is 229 g/mol. The molecule has 0 bridgehead atoms. The Labute approximate surface area is 95.4 Å². The average Bonchev–Trinajstić information content (AvgIpc) is 2.63. The third kappa shape index (κ3) is 2.52. The molecule has 2 rings (SSSR count). The van der Waals surface area contributed by atoms with Crippen LogP contribution in [-0.4, -0.2) is 23.0 Å². The number of aromatic nitrogens is 2. The van der Waals surface area contributed by atoms with Gasteiger partial charge < -0.3 is 4.74 Å². The Balaban J connectivity index is 2.10. The standard InChI is InChI=1S/C11H17ClN2O/c1-2-5-14-11(12)8-10(13-14)9-3-6-15-7-4-9/h8-9H,2-7H2,1H3. The Bertz CT molecular complexity index is 318. The fourth-order valence-corrected chi connectivity index (χ4v) is 2.21. The van der Waals surface area contributed by atoms with Gasteiger partial charge in [0, 0.05) is 25.7 Å². The summed E-state index contributed by atoms with van der Waals surface area (Å²) in [6, 6.07) is 2.01. The molecule has 1 aromatic heterocycles. The molecule has 0 amide bonds. The molecule has 0 N–H and O–H groups in total. The van der Waals surface area contributed by atoms with Gasteiger partial charge in [0.15, 0.2) is 0 Å². The van der Waals surface area contributed by atoms with Crippen molar-refractivity contribution in [3.8, 4) is 0 Å². The summed E-state index contributed by atoms with van der Waals surface area (Å²) in [5, 5.41) is 5.31. The fraction of sp³-hybridized carbons (Fsp3) is 0.727. The smallest absolute Gasteiger partial charge is 0.127 e. The summed E-state index contributed by atoms with van der Waals surface area (Å²) in [6.07, 6.45) is 3.20. The topological polar surface area (TPSA) is 27.1 Å². The van der Waals surface area contributed by atoms with E-state index in [1.54, 1.807) is 0 Å². The molecule has 0 aliphatic carbocycles. The molecule has 1 fully saturated rings. The lowest BCUT2D eigenvalue weighted by atomic mass is 9.97. The summed E-state index contributed by atoms with van der Waals surface area (Å²) < 4.78 is 7.23. The van der Waals surface area contributed by atoms with E-state index in [9.17, 15) is 0 Å². The maximum absolute atomic E-state index is 6.11. The molecule has 3 nitrogen and oxygen atoms in total. The van der Waals surface area contributed by atoms with E-state index in [0.29, 0.717) is 5.92 Å². The second-order valence-corrected chi connectivity index (χ2v) is 4.39. The van der Waals surface area contributed by atoms with Gasteiger partial charge in [0.05, 0.1) is 5.69 Å². The second kappa shape index (κ2) is 4.99. The van der Waals surface area contributed by atoms with Crippen molar-refractivity contribution in [2.24, 2.45) is 0 Å². The minimum atomic E-state index is 0.536. The molecule has 0 radical (unpaired) electrons. The highest BCUT2D eigenvalue weighted by molar-refractivity contribution is 6.29. The second-order valence-electron chi connectivity index (χ2n) is 4.00. The zero-order valence-corrected chi connectivity index (χ0v) is 9.83. The molecule has 4 heteroatoms. The van der Waals surface area contributed by atoms with Gasteiger partial charge in [-0.2, -0.15) is 5.10 Å². The summed E-state index contributed by atoms with van der Waals surface area (Å²) in [4.78, 5) is 0. The van der Waals surface area contributed by atoms with Crippen molar-refractivity contribution in [2.45, 2.75) is 38.6 Å². The first-order valence-corrected chi connectivity index (χ1v) is 6.00. The van der Waals surface area contributed by atoms with Crippen LogP contribution >= 0.6 is 11.6 Å². The van der Waals surface area contributed by atoms with Crippen LogP contribution < -0.4 is 0 Å². The summed E-state index contributed by atoms with van der Waals surface area (Å²) >= 11 is 6.11. The first kappa shape index (κ1) is 11.0. The molecule has 1 aromatic rings. The molecule has 0 atom stereocenters. The molecular weight excluding hydrogens is 212 g/mol. The van der Waals surface area contributed by atoms with Gasteiger partial charge in [-0.1, -0.05) is 18.5 Å². The Morgan fingerprint density at radius 2 is 2.27 bits per heavy atom. The van der Waals surface area contributed by atoms with E-state index in [2.05, 4.69) is 12.0 Å². The number of ether oxygens (including phenoxy) is 1. The van der Waals surface area contributed by atoms with Crippen molar-refractivity contribution in [1.82, 2.24) is 9.78 Å². The molecule has 0 spiro atoms. The van der Waals surface area contributed by atoms with Gasteiger partial charge in [0.1, 0.15) is 5.15 Å². The van der Waals surface area contributed by atoms with Crippen LogP contribution in [0.4, 0.5) is 0 Å². The molecule has 1 aliphatic heterocycles. The van der Waals surface area contributed by atoms with Crippen molar-refractivity contribution >= 4 is 11.6 Å². The van der Waals surface area contributed by atoms with Gasteiger partial charge in [-0.3, -0.25) is 4.68 Å². The highest BCUT2D eigenvalue weighted by atomic mass is 35.5. The first-order chi connectivity index (χ1) is 7.31. The van der Waals surface area contributed by atoms with Crippen LogP contribution in [0.3, 0.4) is 0 Å². The van der Waals surface area contributed by atoms with Crippen molar-refractivity contribution in [3.63, 3.8) is 0 Å². The monoisotopic (exact) mass is 228 g/mol. The minimum Gasteiger partial charge on any atom is -0.381 e. The number of hydrogen-bond donors (Lipinski definition) is 0. The van der Waals surface area contributed by atoms with E-state index in [1.165, 1.54) is 0 Å². The van der Waals surface area contributed by atoms with Crippen molar-refractivity contribution < 1.29 is 4.74 Å². The predicted molar refractivity (Wildman–Crippen MR) is 60.3 cm³/mol. The van der Waals surface area contributed by atoms with Gasteiger partial charge >= 0.3 is 0 Å². The fourth-order valence-electron chi connectivity index (χ4n) is 1.97. The molecule has 1 saturated heterocycles. The summed E-state index contributed by atoms with van der Waals surface area (Å²) in [5.41, 5.74) is 1.14. The highest BCUT2D eigenvalue weighted by Crippen LogP contribution is 2.27. The van der Waals surface area contributed by atoms with Crippen LogP contribution in [0.1, 0.15) is 37.8 Å². The molecule has 0 saturated carbocycles. The Hall–Kier alpha value is -0.540. The number of nitrogens with zero attached hydrogens (tertiary/aromatic N) is 2. The SMILES string of the molecule is CCCn1nc(C2CCOCC2)cc1Cl. The predicted octanol–water partition coefficient (Wildman–Crippen LogP) is 2.84. The summed E-state index contributed by atoms with van der Waals surface area (Å²) in [6.45, 7) is 4.74. The van der Waals surface area contributed by atoms with Gasteiger partial charge in [-0.15, -0.1) is 0 Å². The lowest BCUT2D eigenvalue weighted by Crippen LogP contribution is -2.14. The highest BCUT2D eigenvalue weighted by Gasteiger charge is 2.19. The number of rotatable bonds is 3. The number of aryl methyl sites for hydroxylation is 1. The number of halogens is 1. The van der Waals surface area contributed by atoms with E-state index in [4.69, 9.17) is 16.3 Å². The quantitative estimate of drug-likeness (QED) is 0.796. The normalized spacial score (nSPS) is 18.3. The first-order valence-electron chi connectivity index (χ1n) is 5.62. The zero-order valence-electron chi connectivity index (χ0n) is 9.08. The molecule has 1 aliphatic rings. The van der Waals surface area contributed by atoms with Crippen molar-refractivity contribution in [3.05, 3.63) is 16.9 Å². The van der Waals surface area contributed by atoms with Crippen LogP contribution in [0.25, 0.3) is 0 Å². The Morgan fingerprint density at radius 1 is 1.53 bits per heavy atom. The molecular formula is C11H17ClN2O. The Kier molecular flexibility index (Phi) is 3.65. The van der Waals surface area contributed by atoms with E-state index in [0.717, 1.165) is 49.9 Å². The minimum absolute atomic E-state index is 0.536. The molecule has 2 heterocycles. The lowest BCUT2D eigenvalue weighted by molar-refractivity contribution is 0.0843. The largest absolute Gasteiger partial charge is 0.381 e. The van der Waals surface area contributed by atoms with Gasteiger partial charge in [0.25, 0.3) is 0 Å². The van der Waals surface area contributed by atoms with E-state index < -0.39 is 0 Å². The zero-order chi connectivity index (χ0) is 10.7. The van der Waals surface area contributed by atoms with Gasteiger partial charge in [-0.05, 0) is 25.3 Å². The third-order valence-electron chi connectivity index (χ3n) is 2.82.